The fourth-order valence-corrected chi connectivity index (χ4v) is 8.09. The molecule has 2 aromatic rings. The third-order valence-corrected chi connectivity index (χ3v) is 9.59. The molecule has 0 unspecified atom stereocenters. The Bertz CT molecular complexity index is 1160. The maximum absolute atomic E-state index is 13.1. The van der Waals surface area contributed by atoms with Gasteiger partial charge in [0.2, 0.25) is 10.0 Å². The Morgan fingerprint density at radius 1 is 1.06 bits per heavy atom. The molecule has 0 spiro atoms. The van der Waals surface area contributed by atoms with E-state index in [4.69, 9.17) is 5.73 Å². The van der Waals surface area contributed by atoms with E-state index in [0.29, 0.717) is 47.0 Å². The molecule has 3 atom stereocenters. The number of amides is 2. The van der Waals surface area contributed by atoms with Gasteiger partial charge in [-0.15, -0.1) is 11.3 Å². The monoisotopic (exact) mass is 489 g/mol. The second-order valence-electron chi connectivity index (χ2n) is 9.67. The molecule has 1 aromatic carbocycles. The number of benzene rings is 1. The molecule has 2 heterocycles. The van der Waals surface area contributed by atoms with E-state index in [1.54, 1.807) is 0 Å². The number of piperidine rings is 1. The van der Waals surface area contributed by atoms with E-state index in [2.05, 4.69) is 26.1 Å². The molecule has 7 nitrogen and oxygen atoms in total. The van der Waals surface area contributed by atoms with Crippen LogP contribution in [-0.2, 0) is 22.9 Å². The summed E-state index contributed by atoms with van der Waals surface area (Å²) < 4.78 is 27.7. The molecule has 3 N–H and O–H groups in total. The Morgan fingerprint density at radius 2 is 1.70 bits per heavy atom. The Kier molecular flexibility index (Phi) is 6.66. The van der Waals surface area contributed by atoms with Gasteiger partial charge in [0.05, 0.1) is 10.5 Å². The number of hydrogen-bond acceptors (Lipinski definition) is 5. The summed E-state index contributed by atoms with van der Waals surface area (Å²) in [4.78, 5) is 26.3. The van der Waals surface area contributed by atoms with Gasteiger partial charge in [-0.1, -0.05) is 20.8 Å². The Hall–Kier alpha value is -2.23. The number of fused-ring (bicyclic) bond motifs is 1. The highest BCUT2D eigenvalue weighted by Crippen LogP contribution is 2.39. The van der Waals surface area contributed by atoms with Gasteiger partial charge >= 0.3 is 0 Å². The second kappa shape index (κ2) is 9.19. The van der Waals surface area contributed by atoms with Crippen molar-refractivity contribution in [3.05, 3.63) is 45.8 Å². The van der Waals surface area contributed by atoms with Crippen molar-refractivity contribution in [2.75, 3.05) is 18.4 Å². The lowest BCUT2D eigenvalue weighted by atomic mass is 9.88. The summed E-state index contributed by atoms with van der Waals surface area (Å²) >= 11 is 1.41. The minimum atomic E-state index is -3.61. The van der Waals surface area contributed by atoms with Crippen LogP contribution in [0.3, 0.4) is 0 Å². The van der Waals surface area contributed by atoms with Crippen molar-refractivity contribution in [1.82, 2.24) is 4.31 Å². The van der Waals surface area contributed by atoms with Crippen molar-refractivity contribution in [2.24, 2.45) is 23.5 Å². The molecule has 33 heavy (non-hydrogen) atoms. The first kappa shape index (κ1) is 23.9. The van der Waals surface area contributed by atoms with Gasteiger partial charge in [-0.2, -0.15) is 4.31 Å². The summed E-state index contributed by atoms with van der Waals surface area (Å²) in [5, 5.41) is 3.30. The molecule has 178 valence electrons. The first-order chi connectivity index (χ1) is 15.6. The summed E-state index contributed by atoms with van der Waals surface area (Å²) in [6.45, 7) is 7.31. The van der Waals surface area contributed by atoms with E-state index in [9.17, 15) is 18.0 Å². The smallest absolute Gasteiger partial charge is 0.256 e. The third kappa shape index (κ3) is 4.85. The topological polar surface area (TPSA) is 110 Å². The lowest BCUT2D eigenvalue weighted by Crippen LogP contribution is -2.42. The zero-order valence-corrected chi connectivity index (χ0v) is 20.9. The van der Waals surface area contributed by atoms with Crippen LogP contribution in [0, 0.1) is 17.8 Å². The number of hydrogen-bond donors (Lipinski definition) is 2. The summed E-state index contributed by atoms with van der Waals surface area (Å²) in [5.74, 6) is 0.221. The van der Waals surface area contributed by atoms with E-state index < -0.39 is 21.8 Å². The summed E-state index contributed by atoms with van der Waals surface area (Å²) in [6.07, 6.45) is 3.66. The van der Waals surface area contributed by atoms with Gasteiger partial charge in [0.15, 0.2) is 0 Å². The van der Waals surface area contributed by atoms with Crippen molar-refractivity contribution in [3.8, 4) is 0 Å². The van der Waals surface area contributed by atoms with Crippen molar-refractivity contribution < 1.29 is 18.0 Å². The number of primary amides is 1. The van der Waals surface area contributed by atoms with Gasteiger partial charge in [-0.3, -0.25) is 9.59 Å². The fraction of sp³-hybridized carbons (Fsp3) is 0.500. The molecule has 0 bridgehead atoms. The molecule has 1 aliphatic carbocycles. The molecule has 0 saturated carbocycles. The van der Waals surface area contributed by atoms with Crippen LogP contribution in [0.5, 0.6) is 0 Å². The van der Waals surface area contributed by atoms with Gasteiger partial charge in [-0.05, 0) is 73.3 Å². The molecule has 0 radical (unpaired) electrons. The molecule has 1 saturated heterocycles. The van der Waals surface area contributed by atoms with Gasteiger partial charge in [0, 0.05) is 23.5 Å². The number of nitrogens with one attached hydrogen (secondary N) is 1. The number of nitrogens with two attached hydrogens (primary N) is 1. The number of sulfonamides is 1. The van der Waals surface area contributed by atoms with Crippen molar-refractivity contribution in [1.29, 1.82) is 0 Å². The van der Waals surface area contributed by atoms with Gasteiger partial charge in [0.25, 0.3) is 11.8 Å². The highest BCUT2D eigenvalue weighted by atomic mass is 32.2. The molecule has 4 rings (SSSR count). The zero-order valence-electron chi connectivity index (χ0n) is 19.3. The number of carbonyl (C=O) groups excluding carboxylic acids is 2. The van der Waals surface area contributed by atoms with E-state index in [1.807, 2.05) is 0 Å². The van der Waals surface area contributed by atoms with E-state index >= 15 is 0 Å². The van der Waals surface area contributed by atoms with E-state index in [1.165, 1.54) is 39.9 Å². The summed E-state index contributed by atoms with van der Waals surface area (Å²) in [6, 6.07) is 5.98. The van der Waals surface area contributed by atoms with Crippen LogP contribution in [0.4, 0.5) is 5.00 Å². The fourth-order valence-electron chi connectivity index (χ4n) is 5.00. The first-order valence-corrected chi connectivity index (χ1v) is 13.7. The number of carbonyl (C=O) groups is 2. The minimum Gasteiger partial charge on any atom is -0.365 e. The van der Waals surface area contributed by atoms with Crippen LogP contribution in [0.25, 0.3) is 0 Å². The largest absolute Gasteiger partial charge is 0.365 e. The highest BCUT2D eigenvalue weighted by Gasteiger charge is 2.32. The van der Waals surface area contributed by atoms with Crippen molar-refractivity contribution in [3.63, 3.8) is 0 Å². The maximum atomic E-state index is 13.1. The van der Waals surface area contributed by atoms with E-state index in [-0.39, 0.29) is 4.90 Å². The molecule has 9 heteroatoms. The standard InChI is InChI=1S/C24H31N3O4S2/c1-14-4-9-19-20(11-14)32-24(21(19)22(25)28)26-23(29)17-5-7-18(8-6-17)33(30,31)27-12-15(2)10-16(3)13-27/h5-8,14-16H,4,9-13H2,1-3H3,(H2,25,28)(H,26,29)/t14-,15-,16+/m0/s1. The predicted octanol–water partition coefficient (Wildman–Crippen LogP) is 3.89. The van der Waals surface area contributed by atoms with Crippen LogP contribution < -0.4 is 11.1 Å². The van der Waals surface area contributed by atoms with Crippen LogP contribution in [0.1, 0.15) is 64.8 Å². The quantitative estimate of drug-likeness (QED) is 0.664. The molecular weight excluding hydrogens is 458 g/mol. The molecule has 1 fully saturated rings. The summed E-state index contributed by atoms with van der Waals surface area (Å²) in [7, 11) is -3.61. The Balaban J connectivity index is 1.53. The number of nitrogens with zero attached hydrogens (tertiary/aromatic N) is 1. The third-order valence-electron chi connectivity index (χ3n) is 6.57. The molecule has 2 amide bonds. The first-order valence-electron chi connectivity index (χ1n) is 11.4. The molecular formula is C24H31N3O4S2. The zero-order chi connectivity index (χ0) is 23.9. The predicted molar refractivity (Wildman–Crippen MR) is 130 cm³/mol. The van der Waals surface area contributed by atoms with Gasteiger partial charge < -0.3 is 11.1 Å². The lowest BCUT2D eigenvalue weighted by molar-refractivity contribution is 0.1000. The molecule has 1 aliphatic heterocycles. The summed E-state index contributed by atoms with van der Waals surface area (Å²) in [5.41, 5.74) is 7.32. The van der Waals surface area contributed by atoms with Crippen molar-refractivity contribution in [2.45, 2.75) is 51.3 Å². The minimum absolute atomic E-state index is 0.179. The average molecular weight is 490 g/mol. The maximum Gasteiger partial charge on any atom is 0.256 e. The molecule has 2 aliphatic rings. The van der Waals surface area contributed by atoms with Crippen LogP contribution in [0.2, 0.25) is 0 Å². The second-order valence-corrected chi connectivity index (χ2v) is 12.7. The van der Waals surface area contributed by atoms with Crippen LogP contribution in [-0.4, -0.2) is 37.6 Å². The highest BCUT2D eigenvalue weighted by molar-refractivity contribution is 7.89. The number of thiophene rings is 1. The number of rotatable bonds is 5. The van der Waals surface area contributed by atoms with Crippen LogP contribution >= 0.6 is 11.3 Å². The van der Waals surface area contributed by atoms with E-state index in [0.717, 1.165) is 36.1 Å². The molecule has 1 aromatic heterocycles. The normalized spacial score (nSPS) is 23.7. The van der Waals surface area contributed by atoms with Crippen molar-refractivity contribution >= 4 is 38.2 Å². The average Bonchev–Trinajstić information content (AvgIpc) is 3.10. The van der Waals surface area contributed by atoms with Gasteiger partial charge in [0.1, 0.15) is 5.00 Å². The number of anilines is 1. The SMILES string of the molecule is C[C@@H]1C[C@H](C)CN(S(=O)(=O)c2ccc(C(=O)Nc3sc4c(c3C(N)=O)CC[C@H](C)C4)cc2)C1. The van der Waals surface area contributed by atoms with Crippen LogP contribution in [0.15, 0.2) is 29.2 Å². The van der Waals surface area contributed by atoms with Gasteiger partial charge in [-0.25, -0.2) is 8.42 Å². The Labute approximate surface area is 199 Å². The Morgan fingerprint density at radius 3 is 2.30 bits per heavy atom. The lowest BCUT2D eigenvalue weighted by Gasteiger charge is -2.34.